The SMILES string of the molecule is NCCCCC(NC(=O)C(CCCN=C(N)N)NC(=O)C(CO)NC(=O)C(N)CO)C(=O)O. The van der Waals surface area contributed by atoms with Crippen LogP contribution in [0.25, 0.3) is 0 Å². The molecule has 0 bridgehead atoms. The zero-order chi connectivity index (χ0) is 25.4. The molecule has 15 heteroatoms. The Morgan fingerprint density at radius 1 is 0.788 bits per heavy atom. The second-order valence-electron chi connectivity index (χ2n) is 7.23. The Kier molecular flexibility index (Phi) is 15.1. The second-order valence-corrected chi connectivity index (χ2v) is 7.23. The third kappa shape index (κ3) is 12.6. The van der Waals surface area contributed by atoms with E-state index in [4.69, 9.17) is 28.0 Å². The van der Waals surface area contributed by atoms with Gasteiger partial charge in [0.05, 0.1) is 13.2 Å². The van der Waals surface area contributed by atoms with Gasteiger partial charge >= 0.3 is 5.97 Å². The highest BCUT2D eigenvalue weighted by atomic mass is 16.4. The number of rotatable bonds is 17. The molecule has 0 saturated carbocycles. The molecule has 0 heterocycles. The van der Waals surface area contributed by atoms with E-state index in [0.717, 1.165) is 0 Å². The average Bonchev–Trinajstić information content (AvgIpc) is 2.77. The largest absolute Gasteiger partial charge is 0.480 e. The standard InChI is InChI=1S/C18H36N8O7/c19-6-2-1-4-12(17(32)33)25-15(30)11(5-3-7-23-18(21)22)24-16(31)13(9-28)26-14(29)10(20)8-27/h10-13,27-28H,1-9,19-20H2,(H,24,31)(H,25,30)(H,26,29)(H,32,33)(H4,21,22,23). The summed E-state index contributed by atoms with van der Waals surface area (Å²) in [6, 6.07) is -5.17. The zero-order valence-corrected chi connectivity index (χ0v) is 18.4. The number of carboxylic acid groups (broad SMARTS) is 1. The molecule has 0 aromatic heterocycles. The molecule has 0 aromatic rings. The number of aliphatic hydroxyl groups is 2. The molecule has 0 aliphatic rings. The highest BCUT2D eigenvalue weighted by molar-refractivity contribution is 5.94. The Balaban J connectivity index is 5.33. The molecule has 0 saturated heterocycles. The predicted molar refractivity (Wildman–Crippen MR) is 118 cm³/mol. The molecule has 0 spiro atoms. The molecular weight excluding hydrogens is 440 g/mol. The summed E-state index contributed by atoms with van der Waals surface area (Å²) in [5.74, 6) is -3.97. The van der Waals surface area contributed by atoms with Gasteiger partial charge in [-0.25, -0.2) is 4.79 Å². The number of hydrogen-bond acceptors (Lipinski definition) is 9. The topological polar surface area (TPSA) is 282 Å². The summed E-state index contributed by atoms with van der Waals surface area (Å²) in [5, 5.41) is 34.7. The van der Waals surface area contributed by atoms with Gasteiger partial charge in [0.2, 0.25) is 17.7 Å². The van der Waals surface area contributed by atoms with Crippen molar-refractivity contribution in [2.75, 3.05) is 26.3 Å². The predicted octanol–water partition coefficient (Wildman–Crippen LogP) is -4.98. The van der Waals surface area contributed by atoms with Crippen LogP contribution in [0.5, 0.6) is 0 Å². The highest BCUT2D eigenvalue weighted by Crippen LogP contribution is 2.05. The first-order chi connectivity index (χ1) is 15.6. The molecule has 33 heavy (non-hydrogen) atoms. The number of nitrogens with one attached hydrogen (secondary N) is 3. The number of nitrogens with two attached hydrogens (primary N) is 4. The molecule has 190 valence electrons. The van der Waals surface area contributed by atoms with Crippen LogP contribution < -0.4 is 38.9 Å². The summed E-state index contributed by atoms with van der Waals surface area (Å²) in [6.45, 7) is -0.971. The lowest BCUT2D eigenvalue weighted by Gasteiger charge is -2.24. The third-order valence-electron chi connectivity index (χ3n) is 4.49. The van der Waals surface area contributed by atoms with Crippen molar-refractivity contribution >= 4 is 29.7 Å². The summed E-state index contributed by atoms with van der Waals surface area (Å²) in [4.78, 5) is 52.4. The van der Waals surface area contributed by atoms with Crippen LogP contribution in [0.2, 0.25) is 0 Å². The van der Waals surface area contributed by atoms with E-state index in [1.165, 1.54) is 0 Å². The van der Waals surface area contributed by atoms with Gasteiger partial charge in [0.15, 0.2) is 5.96 Å². The summed E-state index contributed by atoms with van der Waals surface area (Å²) in [7, 11) is 0. The van der Waals surface area contributed by atoms with Crippen molar-refractivity contribution in [3.63, 3.8) is 0 Å². The number of aliphatic hydroxyl groups excluding tert-OH is 2. The summed E-state index contributed by atoms with van der Waals surface area (Å²) in [6.07, 6.45) is 1.48. The first-order valence-corrected chi connectivity index (χ1v) is 10.4. The number of carbonyl (C=O) groups excluding carboxylic acids is 3. The smallest absolute Gasteiger partial charge is 0.326 e. The van der Waals surface area contributed by atoms with Gasteiger partial charge in [-0.3, -0.25) is 19.4 Å². The van der Waals surface area contributed by atoms with E-state index in [2.05, 4.69) is 20.9 Å². The fraction of sp³-hybridized carbons (Fsp3) is 0.722. The normalized spacial score (nSPS) is 14.3. The summed E-state index contributed by atoms with van der Waals surface area (Å²) >= 11 is 0. The first kappa shape index (κ1) is 30.0. The van der Waals surface area contributed by atoms with E-state index in [0.29, 0.717) is 19.4 Å². The number of amides is 3. The number of aliphatic carboxylic acids is 1. The van der Waals surface area contributed by atoms with Crippen molar-refractivity contribution in [1.29, 1.82) is 0 Å². The van der Waals surface area contributed by atoms with Crippen LogP contribution in [-0.4, -0.2) is 95.4 Å². The molecule has 4 atom stereocenters. The van der Waals surface area contributed by atoms with E-state index < -0.39 is 61.1 Å². The van der Waals surface area contributed by atoms with Crippen LogP contribution in [0.15, 0.2) is 4.99 Å². The molecule has 0 aliphatic heterocycles. The molecule has 14 N–H and O–H groups in total. The maximum atomic E-state index is 12.7. The van der Waals surface area contributed by atoms with Crippen LogP contribution in [0.3, 0.4) is 0 Å². The van der Waals surface area contributed by atoms with Gasteiger partial charge in [0.1, 0.15) is 24.2 Å². The second kappa shape index (κ2) is 16.6. The molecular formula is C18H36N8O7. The molecule has 0 fully saturated rings. The van der Waals surface area contributed by atoms with Crippen molar-refractivity contribution < 1.29 is 34.5 Å². The summed E-state index contributed by atoms with van der Waals surface area (Å²) < 4.78 is 0. The van der Waals surface area contributed by atoms with Crippen molar-refractivity contribution in [2.45, 2.75) is 56.3 Å². The molecule has 0 radical (unpaired) electrons. The highest BCUT2D eigenvalue weighted by Gasteiger charge is 2.29. The van der Waals surface area contributed by atoms with Gasteiger partial charge in [-0.05, 0) is 38.6 Å². The Morgan fingerprint density at radius 2 is 1.33 bits per heavy atom. The van der Waals surface area contributed by atoms with Crippen LogP contribution >= 0.6 is 0 Å². The zero-order valence-electron chi connectivity index (χ0n) is 18.4. The van der Waals surface area contributed by atoms with Crippen LogP contribution in [0, 0.1) is 0 Å². The Hall–Kier alpha value is -3.01. The van der Waals surface area contributed by atoms with Gasteiger partial charge in [-0.15, -0.1) is 0 Å². The minimum Gasteiger partial charge on any atom is -0.480 e. The maximum Gasteiger partial charge on any atom is 0.326 e. The van der Waals surface area contributed by atoms with Crippen molar-refractivity contribution in [3.8, 4) is 0 Å². The van der Waals surface area contributed by atoms with Gasteiger partial charge in [0.25, 0.3) is 0 Å². The lowest BCUT2D eigenvalue weighted by atomic mass is 10.1. The Bertz CT molecular complexity index is 672. The molecule has 4 unspecified atom stereocenters. The van der Waals surface area contributed by atoms with Crippen LogP contribution in [0.4, 0.5) is 0 Å². The maximum absolute atomic E-state index is 12.7. The number of aliphatic imine (C=N–C) groups is 1. The van der Waals surface area contributed by atoms with Gasteiger partial charge in [0, 0.05) is 6.54 Å². The minimum atomic E-state index is -1.46. The van der Waals surface area contributed by atoms with Crippen LogP contribution in [-0.2, 0) is 19.2 Å². The Morgan fingerprint density at radius 3 is 1.85 bits per heavy atom. The Labute approximate surface area is 191 Å². The average molecular weight is 477 g/mol. The van der Waals surface area contributed by atoms with E-state index in [1.54, 1.807) is 0 Å². The van der Waals surface area contributed by atoms with E-state index in [1.807, 2.05) is 0 Å². The summed E-state index contributed by atoms with van der Waals surface area (Å²) in [5.41, 5.74) is 21.3. The number of guanidine groups is 1. The van der Waals surface area contributed by atoms with Gasteiger partial charge < -0.3 is 54.2 Å². The van der Waals surface area contributed by atoms with E-state index in [-0.39, 0.29) is 31.8 Å². The molecule has 0 aromatic carbocycles. The molecule has 0 aliphatic carbocycles. The number of carboxylic acids is 1. The van der Waals surface area contributed by atoms with E-state index in [9.17, 15) is 29.4 Å². The van der Waals surface area contributed by atoms with E-state index >= 15 is 0 Å². The number of hydrogen-bond donors (Lipinski definition) is 10. The minimum absolute atomic E-state index is 0.0335. The number of nitrogens with zero attached hydrogens (tertiary/aromatic N) is 1. The third-order valence-corrected chi connectivity index (χ3v) is 4.49. The lowest BCUT2D eigenvalue weighted by Crippen LogP contribution is -2.58. The fourth-order valence-corrected chi connectivity index (χ4v) is 2.62. The molecule has 0 rings (SSSR count). The first-order valence-electron chi connectivity index (χ1n) is 10.4. The fourth-order valence-electron chi connectivity index (χ4n) is 2.62. The van der Waals surface area contributed by atoms with Gasteiger partial charge in [-0.2, -0.15) is 0 Å². The molecule has 15 nitrogen and oxygen atoms in total. The number of carbonyl (C=O) groups is 4. The van der Waals surface area contributed by atoms with Gasteiger partial charge in [-0.1, -0.05) is 0 Å². The quantitative estimate of drug-likeness (QED) is 0.0538. The van der Waals surface area contributed by atoms with Crippen molar-refractivity contribution in [3.05, 3.63) is 0 Å². The van der Waals surface area contributed by atoms with Crippen molar-refractivity contribution in [2.24, 2.45) is 27.9 Å². The lowest BCUT2D eigenvalue weighted by molar-refractivity contribution is -0.142. The monoisotopic (exact) mass is 476 g/mol. The van der Waals surface area contributed by atoms with Crippen LogP contribution in [0.1, 0.15) is 32.1 Å². The number of unbranched alkanes of at least 4 members (excludes halogenated alkanes) is 1. The van der Waals surface area contributed by atoms with Crippen molar-refractivity contribution in [1.82, 2.24) is 16.0 Å². The molecule has 3 amide bonds.